The van der Waals surface area contributed by atoms with Crippen LogP contribution in [-0.4, -0.2) is 40.5 Å². The van der Waals surface area contributed by atoms with Crippen molar-refractivity contribution in [2.24, 2.45) is 0 Å². The number of hydrogen-bond donors (Lipinski definition) is 2. The number of nitrogens with one attached hydrogen (secondary N) is 1. The second kappa shape index (κ2) is 6.89. The van der Waals surface area contributed by atoms with Crippen molar-refractivity contribution >= 4 is 34.8 Å². The molecule has 8 nitrogen and oxygen atoms in total. The van der Waals surface area contributed by atoms with Gasteiger partial charge in [-0.1, -0.05) is 12.1 Å². The molecule has 1 aliphatic heterocycles. The Hall–Kier alpha value is -2.94. The Morgan fingerprint density at radius 3 is 2.88 bits per heavy atom. The summed E-state index contributed by atoms with van der Waals surface area (Å²) < 4.78 is 5.52. The van der Waals surface area contributed by atoms with Gasteiger partial charge < -0.3 is 15.2 Å². The SMILES string of the molecule is C[C@@H]1Oc2ccccc2N(CC(=O)NCc2nc(C(=O)O)cs2)C1=O. The van der Waals surface area contributed by atoms with Gasteiger partial charge in [0.1, 0.15) is 17.3 Å². The zero-order chi connectivity index (χ0) is 18.0. The lowest BCUT2D eigenvalue weighted by atomic mass is 10.2. The molecule has 0 saturated carbocycles. The molecule has 0 unspecified atom stereocenters. The number of hydrogen-bond acceptors (Lipinski definition) is 6. The van der Waals surface area contributed by atoms with Crippen LogP contribution < -0.4 is 15.0 Å². The van der Waals surface area contributed by atoms with Gasteiger partial charge in [-0.2, -0.15) is 0 Å². The Kier molecular flexibility index (Phi) is 4.66. The number of para-hydroxylation sites is 2. The fourth-order valence-corrected chi connectivity index (χ4v) is 3.09. The van der Waals surface area contributed by atoms with Crippen LogP contribution in [0.15, 0.2) is 29.6 Å². The quantitative estimate of drug-likeness (QED) is 0.830. The molecule has 1 aliphatic rings. The maximum atomic E-state index is 12.3. The van der Waals surface area contributed by atoms with E-state index in [0.29, 0.717) is 16.4 Å². The normalized spacial score (nSPS) is 16.1. The fourth-order valence-electron chi connectivity index (χ4n) is 2.39. The van der Waals surface area contributed by atoms with E-state index in [9.17, 15) is 14.4 Å². The van der Waals surface area contributed by atoms with Crippen molar-refractivity contribution in [2.75, 3.05) is 11.4 Å². The number of rotatable bonds is 5. The number of carboxylic acid groups (broad SMARTS) is 1. The number of fused-ring (bicyclic) bond motifs is 1. The molecule has 2 N–H and O–H groups in total. The minimum atomic E-state index is -1.11. The molecular formula is C16H15N3O5S. The summed E-state index contributed by atoms with van der Waals surface area (Å²) in [6.07, 6.45) is -0.667. The Bertz CT molecular complexity index is 835. The molecule has 130 valence electrons. The average Bonchev–Trinajstić information content (AvgIpc) is 3.06. The lowest BCUT2D eigenvalue weighted by Crippen LogP contribution is -2.48. The molecule has 0 saturated heterocycles. The molecular weight excluding hydrogens is 346 g/mol. The molecule has 3 rings (SSSR count). The summed E-state index contributed by atoms with van der Waals surface area (Å²) in [6, 6.07) is 7.01. The lowest BCUT2D eigenvalue weighted by molar-refractivity contribution is -0.128. The first-order valence-corrected chi connectivity index (χ1v) is 8.35. The van der Waals surface area contributed by atoms with Gasteiger partial charge in [0.15, 0.2) is 11.8 Å². The molecule has 0 aliphatic carbocycles. The highest BCUT2D eigenvalue weighted by molar-refractivity contribution is 7.09. The van der Waals surface area contributed by atoms with Crippen LogP contribution in [0.25, 0.3) is 0 Å². The van der Waals surface area contributed by atoms with Crippen molar-refractivity contribution < 1.29 is 24.2 Å². The molecule has 0 fully saturated rings. The van der Waals surface area contributed by atoms with E-state index in [-0.39, 0.29) is 30.6 Å². The van der Waals surface area contributed by atoms with Crippen LogP contribution >= 0.6 is 11.3 Å². The molecule has 1 aromatic heterocycles. The molecule has 1 atom stereocenters. The fraction of sp³-hybridized carbons (Fsp3) is 0.250. The summed E-state index contributed by atoms with van der Waals surface area (Å²) in [6.45, 7) is 1.58. The van der Waals surface area contributed by atoms with Gasteiger partial charge in [0, 0.05) is 5.38 Å². The monoisotopic (exact) mass is 361 g/mol. The highest BCUT2D eigenvalue weighted by atomic mass is 32.1. The Morgan fingerprint density at radius 2 is 2.16 bits per heavy atom. The highest BCUT2D eigenvalue weighted by Crippen LogP contribution is 2.33. The topological polar surface area (TPSA) is 109 Å². The third-order valence-electron chi connectivity index (χ3n) is 3.58. The largest absolute Gasteiger partial charge is 0.479 e. The number of aromatic nitrogens is 1. The van der Waals surface area contributed by atoms with Crippen molar-refractivity contribution in [3.63, 3.8) is 0 Å². The molecule has 9 heteroatoms. The zero-order valence-electron chi connectivity index (χ0n) is 13.3. The van der Waals surface area contributed by atoms with E-state index in [4.69, 9.17) is 9.84 Å². The summed E-state index contributed by atoms with van der Waals surface area (Å²) in [5, 5.41) is 13.4. The number of benzene rings is 1. The molecule has 0 spiro atoms. The molecule has 2 amide bonds. The maximum Gasteiger partial charge on any atom is 0.355 e. The highest BCUT2D eigenvalue weighted by Gasteiger charge is 2.32. The minimum absolute atomic E-state index is 0.0552. The van der Waals surface area contributed by atoms with E-state index in [1.54, 1.807) is 31.2 Å². The van der Waals surface area contributed by atoms with Gasteiger partial charge in [-0.15, -0.1) is 11.3 Å². The third-order valence-corrected chi connectivity index (χ3v) is 4.43. The van der Waals surface area contributed by atoms with Crippen LogP contribution in [0, 0.1) is 0 Å². The molecule has 0 bridgehead atoms. The second-order valence-corrected chi connectivity index (χ2v) is 6.30. The summed E-state index contributed by atoms with van der Waals surface area (Å²) in [7, 11) is 0. The van der Waals surface area contributed by atoms with Gasteiger partial charge in [0.25, 0.3) is 5.91 Å². The number of anilines is 1. The minimum Gasteiger partial charge on any atom is -0.479 e. The maximum absolute atomic E-state index is 12.3. The zero-order valence-corrected chi connectivity index (χ0v) is 14.1. The number of carbonyl (C=O) groups is 3. The van der Waals surface area contributed by atoms with Gasteiger partial charge in [-0.3, -0.25) is 14.5 Å². The number of nitrogens with zero attached hydrogens (tertiary/aromatic N) is 2. The number of ether oxygens (including phenoxy) is 1. The number of carbonyl (C=O) groups excluding carboxylic acids is 2. The lowest BCUT2D eigenvalue weighted by Gasteiger charge is -2.32. The third kappa shape index (κ3) is 3.61. The number of carboxylic acids is 1. The smallest absolute Gasteiger partial charge is 0.355 e. The number of amides is 2. The van der Waals surface area contributed by atoms with Crippen molar-refractivity contribution in [1.29, 1.82) is 0 Å². The van der Waals surface area contributed by atoms with E-state index in [1.165, 1.54) is 10.3 Å². The average molecular weight is 361 g/mol. The number of thiazole rings is 1. The summed E-state index contributed by atoms with van der Waals surface area (Å²) >= 11 is 1.15. The first-order chi connectivity index (χ1) is 12.0. The van der Waals surface area contributed by atoms with Crippen LogP contribution in [0.1, 0.15) is 22.4 Å². The Labute approximate surface area is 147 Å². The first-order valence-electron chi connectivity index (χ1n) is 7.47. The molecule has 2 aromatic rings. The van der Waals surface area contributed by atoms with E-state index in [0.717, 1.165) is 11.3 Å². The molecule has 2 heterocycles. The number of aromatic carboxylic acids is 1. The standard InChI is InChI=1S/C16H15N3O5S/c1-9-15(21)19(11-4-2-3-5-12(11)24-9)7-13(20)17-6-14-18-10(8-25-14)16(22)23/h2-5,8-9H,6-7H2,1H3,(H,17,20)(H,22,23)/t9-/m0/s1. The van der Waals surface area contributed by atoms with Gasteiger partial charge >= 0.3 is 5.97 Å². The van der Waals surface area contributed by atoms with Crippen LogP contribution in [0.2, 0.25) is 0 Å². The van der Waals surface area contributed by atoms with Gasteiger partial charge in [-0.05, 0) is 19.1 Å². The van der Waals surface area contributed by atoms with Gasteiger partial charge in [-0.25, -0.2) is 9.78 Å². The second-order valence-electron chi connectivity index (χ2n) is 5.36. The van der Waals surface area contributed by atoms with Crippen LogP contribution in [0.4, 0.5) is 5.69 Å². The molecule has 1 aromatic carbocycles. The van der Waals surface area contributed by atoms with Crippen LogP contribution in [-0.2, 0) is 16.1 Å². The van der Waals surface area contributed by atoms with E-state index < -0.39 is 12.1 Å². The predicted molar refractivity (Wildman–Crippen MR) is 89.8 cm³/mol. The summed E-state index contributed by atoms with van der Waals surface area (Å²) in [5.41, 5.74) is 0.489. The van der Waals surface area contributed by atoms with Crippen molar-refractivity contribution in [2.45, 2.75) is 19.6 Å². The van der Waals surface area contributed by atoms with Crippen molar-refractivity contribution in [1.82, 2.24) is 10.3 Å². The summed E-state index contributed by atoms with van der Waals surface area (Å²) in [4.78, 5) is 40.6. The first kappa shape index (κ1) is 16.9. The van der Waals surface area contributed by atoms with Crippen LogP contribution in [0.5, 0.6) is 5.75 Å². The molecule has 0 radical (unpaired) electrons. The van der Waals surface area contributed by atoms with Crippen molar-refractivity contribution in [3.8, 4) is 5.75 Å². The van der Waals surface area contributed by atoms with E-state index in [1.807, 2.05) is 0 Å². The van der Waals surface area contributed by atoms with E-state index in [2.05, 4.69) is 10.3 Å². The molecule has 25 heavy (non-hydrogen) atoms. The van der Waals surface area contributed by atoms with Gasteiger partial charge in [0.05, 0.1) is 12.2 Å². The Morgan fingerprint density at radius 1 is 1.40 bits per heavy atom. The van der Waals surface area contributed by atoms with Crippen LogP contribution in [0.3, 0.4) is 0 Å². The predicted octanol–water partition coefficient (Wildman–Crippen LogP) is 1.27. The van der Waals surface area contributed by atoms with Gasteiger partial charge in [0.2, 0.25) is 5.91 Å². The summed E-state index contributed by atoms with van der Waals surface area (Å²) in [5.74, 6) is -1.23. The van der Waals surface area contributed by atoms with Crippen molar-refractivity contribution in [3.05, 3.63) is 40.3 Å². The van der Waals surface area contributed by atoms with E-state index >= 15 is 0 Å². The Balaban J connectivity index is 1.65.